The fourth-order valence-corrected chi connectivity index (χ4v) is 3.39. The minimum Gasteiger partial charge on any atom is -0.223 e. The summed E-state index contributed by atoms with van der Waals surface area (Å²) < 4.78 is 23.8. The molecule has 2 rings (SSSR count). The normalized spacial score (nSPS) is 24.5. The van der Waals surface area contributed by atoms with Crippen molar-refractivity contribution in [3.63, 3.8) is 0 Å². The minimum atomic E-state index is -3.32. The van der Waals surface area contributed by atoms with Gasteiger partial charge in [0.15, 0.2) is 9.84 Å². The topological polar surface area (TPSA) is 57.9 Å². The molecule has 78 valence electrons. The lowest BCUT2D eigenvalue weighted by Crippen LogP contribution is -2.08. The average molecular weight is 242 g/mol. The molecule has 1 saturated carbocycles. The Kier molecular flexibility index (Phi) is 2.45. The molecule has 3 nitrogen and oxygen atoms in total. The van der Waals surface area contributed by atoms with Crippen LogP contribution >= 0.6 is 11.6 Å². The van der Waals surface area contributed by atoms with Gasteiger partial charge in [-0.25, -0.2) is 8.42 Å². The van der Waals surface area contributed by atoms with Crippen LogP contribution in [0.1, 0.15) is 6.42 Å². The molecule has 0 aromatic heterocycles. The molecule has 0 unspecified atom stereocenters. The highest BCUT2D eigenvalue weighted by atomic mass is 35.5. The zero-order valence-corrected chi connectivity index (χ0v) is 9.29. The van der Waals surface area contributed by atoms with Crippen molar-refractivity contribution in [1.29, 1.82) is 5.26 Å². The van der Waals surface area contributed by atoms with E-state index in [2.05, 4.69) is 0 Å². The lowest BCUT2D eigenvalue weighted by atomic mass is 10.4. The molecule has 0 heterocycles. The summed E-state index contributed by atoms with van der Waals surface area (Å²) in [4.78, 5) is 0.245. The quantitative estimate of drug-likeness (QED) is 0.796. The molecule has 2 atom stereocenters. The number of nitriles is 1. The first-order valence-corrected chi connectivity index (χ1v) is 6.37. The third kappa shape index (κ3) is 1.85. The Morgan fingerprint density at radius 2 is 1.93 bits per heavy atom. The Bertz CT molecular complexity index is 515. The van der Waals surface area contributed by atoms with Crippen LogP contribution in [0.3, 0.4) is 0 Å². The van der Waals surface area contributed by atoms with Crippen LogP contribution in [-0.2, 0) is 9.84 Å². The van der Waals surface area contributed by atoms with Crippen molar-refractivity contribution in [2.45, 2.75) is 16.6 Å². The van der Waals surface area contributed by atoms with E-state index < -0.39 is 15.1 Å². The van der Waals surface area contributed by atoms with Gasteiger partial charge in [-0.05, 0) is 30.7 Å². The monoisotopic (exact) mass is 241 g/mol. The van der Waals surface area contributed by atoms with Crippen molar-refractivity contribution >= 4 is 21.4 Å². The van der Waals surface area contributed by atoms with Crippen molar-refractivity contribution in [3.05, 3.63) is 29.3 Å². The summed E-state index contributed by atoms with van der Waals surface area (Å²) in [5.74, 6) is -0.342. The first kappa shape index (κ1) is 10.5. The molecule has 1 aromatic rings. The molecule has 1 fully saturated rings. The van der Waals surface area contributed by atoms with Crippen molar-refractivity contribution in [2.75, 3.05) is 0 Å². The fraction of sp³-hybridized carbons (Fsp3) is 0.300. The molecule has 0 aliphatic heterocycles. The zero-order chi connectivity index (χ0) is 11.1. The number of hydrogen-bond acceptors (Lipinski definition) is 3. The van der Waals surface area contributed by atoms with E-state index in [1.54, 1.807) is 0 Å². The Morgan fingerprint density at radius 1 is 1.33 bits per heavy atom. The van der Waals surface area contributed by atoms with Crippen molar-refractivity contribution in [3.8, 4) is 6.07 Å². The second-order valence-corrected chi connectivity index (χ2v) is 6.11. The van der Waals surface area contributed by atoms with Crippen LogP contribution in [-0.4, -0.2) is 13.7 Å². The molecule has 0 bridgehead atoms. The van der Waals surface area contributed by atoms with Gasteiger partial charge in [0.25, 0.3) is 0 Å². The van der Waals surface area contributed by atoms with Gasteiger partial charge >= 0.3 is 0 Å². The second kappa shape index (κ2) is 3.51. The number of nitrogens with zero attached hydrogens (tertiary/aromatic N) is 1. The lowest BCUT2D eigenvalue weighted by Gasteiger charge is -2.01. The van der Waals surface area contributed by atoms with Crippen LogP contribution in [0.5, 0.6) is 0 Å². The first-order chi connectivity index (χ1) is 7.05. The van der Waals surface area contributed by atoms with Crippen LogP contribution in [0.2, 0.25) is 5.02 Å². The summed E-state index contributed by atoms with van der Waals surface area (Å²) >= 11 is 5.67. The van der Waals surface area contributed by atoms with E-state index >= 15 is 0 Å². The molecule has 15 heavy (non-hydrogen) atoms. The molecule has 1 aromatic carbocycles. The molecule has 0 N–H and O–H groups in total. The Labute approximate surface area is 93.2 Å². The highest BCUT2D eigenvalue weighted by Gasteiger charge is 2.48. The summed E-state index contributed by atoms with van der Waals surface area (Å²) in [5.41, 5.74) is 0. The number of benzene rings is 1. The maximum absolute atomic E-state index is 11.9. The standard InChI is InChI=1S/C10H8ClNO2S/c11-8-1-3-9(4-2-8)15(13,14)10-5-7(10)6-12/h1-4,7,10H,5H2/t7-,10+/m1/s1. The summed E-state index contributed by atoms with van der Waals surface area (Å²) in [6.45, 7) is 0. The molecule has 1 aliphatic carbocycles. The fourth-order valence-electron chi connectivity index (χ4n) is 1.45. The number of sulfone groups is 1. The molecular weight excluding hydrogens is 234 g/mol. The SMILES string of the molecule is N#C[C@H]1C[C@@H]1S(=O)(=O)c1ccc(Cl)cc1. The van der Waals surface area contributed by atoms with Gasteiger partial charge < -0.3 is 0 Å². The maximum atomic E-state index is 11.9. The largest absolute Gasteiger partial charge is 0.223 e. The van der Waals surface area contributed by atoms with Gasteiger partial charge in [0.1, 0.15) is 0 Å². The summed E-state index contributed by atoms with van der Waals surface area (Å²) in [7, 11) is -3.32. The van der Waals surface area contributed by atoms with Gasteiger partial charge in [0, 0.05) is 5.02 Å². The minimum absolute atomic E-state index is 0.245. The van der Waals surface area contributed by atoms with Gasteiger partial charge in [-0.3, -0.25) is 0 Å². The van der Waals surface area contributed by atoms with Gasteiger partial charge in [0.2, 0.25) is 0 Å². The molecule has 1 aliphatic rings. The summed E-state index contributed by atoms with van der Waals surface area (Å²) in [6, 6.07) is 8.00. The molecular formula is C10H8ClNO2S. The lowest BCUT2D eigenvalue weighted by molar-refractivity contribution is 0.594. The number of halogens is 1. The van der Waals surface area contributed by atoms with E-state index in [0.717, 1.165) is 0 Å². The zero-order valence-electron chi connectivity index (χ0n) is 7.72. The molecule has 0 spiro atoms. The van der Waals surface area contributed by atoms with Crippen molar-refractivity contribution < 1.29 is 8.42 Å². The Hall–Kier alpha value is -1.05. The molecule has 5 heteroatoms. The number of rotatable bonds is 2. The highest BCUT2D eigenvalue weighted by molar-refractivity contribution is 7.92. The van der Waals surface area contributed by atoms with Crippen LogP contribution in [0.4, 0.5) is 0 Å². The van der Waals surface area contributed by atoms with E-state index in [-0.39, 0.29) is 10.8 Å². The highest BCUT2D eigenvalue weighted by Crippen LogP contribution is 2.39. The van der Waals surface area contributed by atoms with Gasteiger partial charge in [-0.15, -0.1) is 0 Å². The molecule has 0 radical (unpaired) electrons. The van der Waals surface area contributed by atoms with E-state index in [4.69, 9.17) is 16.9 Å². The van der Waals surface area contributed by atoms with Gasteiger partial charge in [-0.2, -0.15) is 5.26 Å². The van der Waals surface area contributed by atoms with Crippen molar-refractivity contribution in [1.82, 2.24) is 0 Å². The predicted octanol–water partition coefficient (Wildman–Crippen LogP) is 2.03. The third-order valence-corrected chi connectivity index (χ3v) is 4.94. The first-order valence-electron chi connectivity index (χ1n) is 4.45. The predicted molar refractivity (Wildman–Crippen MR) is 56.1 cm³/mol. The smallest absolute Gasteiger partial charge is 0.182 e. The van der Waals surface area contributed by atoms with Crippen LogP contribution in [0.25, 0.3) is 0 Å². The van der Waals surface area contributed by atoms with Crippen molar-refractivity contribution in [2.24, 2.45) is 5.92 Å². The Morgan fingerprint density at radius 3 is 2.40 bits per heavy atom. The van der Waals surface area contributed by atoms with Gasteiger partial charge in [0.05, 0.1) is 22.1 Å². The van der Waals surface area contributed by atoms with Gasteiger partial charge in [-0.1, -0.05) is 11.6 Å². The Balaban J connectivity index is 2.32. The molecule has 0 saturated heterocycles. The molecule has 0 amide bonds. The maximum Gasteiger partial charge on any atom is 0.182 e. The van der Waals surface area contributed by atoms with Crippen LogP contribution < -0.4 is 0 Å². The van der Waals surface area contributed by atoms with E-state index in [1.807, 2.05) is 6.07 Å². The van der Waals surface area contributed by atoms with E-state index in [0.29, 0.717) is 11.4 Å². The summed E-state index contributed by atoms with van der Waals surface area (Å²) in [6.07, 6.45) is 0.446. The summed E-state index contributed by atoms with van der Waals surface area (Å²) in [5, 5.41) is 8.57. The third-order valence-electron chi connectivity index (χ3n) is 2.44. The van der Waals surface area contributed by atoms with Crippen LogP contribution in [0, 0.1) is 17.2 Å². The second-order valence-electron chi connectivity index (χ2n) is 3.51. The average Bonchev–Trinajstić information content (AvgIpc) is 2.98. The van der Waals surface area contributed by atoms with Crippen LogP contribution in [0.15, 0.2) is 29.2 Å². The van der Waals surface area contributed by atoms with E-state index in [9.17, 15) is 8.42 Å². The van der Waals surface area contributed by atoms with E-state index in [1.165, 1.54) is 24.3 Å². The number of hydrogen-bond donors (Lipinski definition) is 0.